The van der Waals surface area contributed by atoms with E-state index in [9.17, 15) is 9.18 Å². The van der Waals surface area contributed by atoms with Crippen LogP contribution in [-0.4, -0.2) is 24.0 Å². The Labute approximate surface area is 93.3 Å². The summed E-state index contributed by atoms with van der Waals surface area (Å²) in [5.41, 5.74) is 0.490. The lowest BCUT2D eigenvalue weighted by molar-refractivity contribution is 0.0954. The molecule has 0 aliphatic rings. The van der Waals surface area contributed by atoms with Crippen molar-refractivity contribution < 1.29 is 9.18 Å². The molecule has 0 radical (unpaired) electrons. The maximum Gasteiger partial charge on any atom is 0.251 e. The third-order valence-corrected chi connectivity index (χ3v) is 3.03. The van der Waals surface area contributed by atoms with Gasteiger partial charge in [0.25, 0.3) is 5.91 Å². The lowest BCUT2D eigenvalue weighted by Gasteiger charge is -2.09. The van der Waals surface area contributed by atoms with Gasteiger partial charge in [-0.1, -0.05) is 6.92 Å². The van der Waals surface area contributed by atoms with Gasteiger partial charge in [0, 0.05) is 17.4 Å². The number of nitrogens with one attached hydrogen (secondary N) is 1. The Hall–Kier alpha value is -1.03. The number of carbonyl (C=O) groups is 1. The Morgan fingerprint density at radius 3 is 2.60 bits per heavy atom. The number of carbonyl (C=O) groups excluding carboxylic acids is 1. The van der Waals surface area contributed by atoms with Gasteiger partial charge in [-0.2, -0.15) is 11.8 Å². The van der Waals surface area contributed by atoms with Crippen molar-refractivity contribution in [3.8, 4) is 0 Å². The van der Waals surface area contributed by atoms with Gasteiger partial charge in [0.15, 0.2) is 0 Å². The number of hydrogen-bond donors (Lipinski definition) is 1. The van der Waals surface area contributed by atoms with Crippen molar-refractivity contribution in [1.82, 2.24) is 5.32 Å². The van der Waals surface area contributed by atoms with Crippen molar-refractivity contribution in [3.63, 3.8) is 0 Å². The van der Waals surface area contributed by atoms with Crippen LogP contribution in [0, 0.1) is 5.82 Å². The Kier molecular flexibility index (Phi) is 4.62. The molecule has 15 heavy (non-hydrogen) atoms. The summed E-state index contributed by atoms with van der Waals surface area (Å²) in [5, 5.41) is 3.17. The van der Waals surface area contributed by atoms with Crippen molar-refractivity contribution in [3.05, 3.63) is 35.6 Å². The summed E-state index contributed by atoms with van der Waals surface area (Å²) in [6, 6.07) is 5.53. The van der Waals surface area contributed by atoms with Gasteiger partial charge in [-0.25, -0.2) is 4.39 Å². The van der Waals surface area contributed by atoms with E-state index in [0.29, 0.717) is 17.4 Å². The summed E-state index contributed by atoms with van der Waals surface area (Å²) in [6.07, 6.45) is 1.99. The summed E-state index contributed by atoms with van der Waals surface area (Å²) in [6.45, 7) is 2.66. The third-order valence-electron chi connectivity index (χ3n) is 2.06. The van der Waals surface area contributed by atoms with Crippen LogP contribution in [0.5, 0.6) is 0 Å². The van der Waals surface area contributed by atoms with Crippen molar-refractivity contribution in [2.24, 2.45) is 0 Å². The van der Waals surface area contributed by atoms with Gasteiger partial charge < -0.3 is 5.32 Å². The van der Waals surface area contributed by atoms with Crippen LogP contribution in [0.2, 0.25) is 0 Å². The molecule has 0 heterocycles. The molecule has 82 valence electrons. The van der Waals surface area contributed by atoms with E-state index in [-0.39, 0.29) is 11.7 Å². The summed E-state index contributed by atoms with van der Waals surface area (Å²) < 4.78 is 12.6. The average molecular weight is 227 g/mol. The lowest BCUT2D eigenvalue weighted by atomic mass is 10.2. The second kappa shape index (κ2) is 5.75. The Morgan fingerprint density at radius 1 is 1.47 bits per heavy atom. The highest BCUT2D eigenvalue weighted by Crippen LogP contribution is 2.05. The minimum Gasteiger partial charge on any atom is -0.351 e. The van der Waals surface area contributed by atoms with Crippen molar-refractivity contribution in [2.45, 2.75) is 12.2 Å². The average Bonchev–Trinajstić information content (AvgIpc) is 2.26. The molecule has 0 spiro atoms. The van der Waals surface area contributed by atoms with Gasteiger partial charge in [0.05, 0.1) is 0 Å². The van der Waals surface area contributed by atoms with Crippen LogP contribution in [0.3, 0.4) is 0 Å². The second-order valence-corrected chi connectivity index (χ2v) is 4.54. The standard InChI is InChI=1S/C11H14FNOS/c1-8(15-2)7-13-11(14)9-3-5-10(12)6-4-9/h3-6,8H,7H2,1-2H3,(H,13,14). The van der Waals surface area contributed by atoms with Crippen LogP contribution in [0.1, 0.15) is 17.3 Å². The molecule has 0 saturated heterocycles. The van der Waals surface area contributed by atoms with Crippen LogP contribution in [-0.2, 0) is 0 Å². The van der Waals surface area contributed by atoms with E-state index in [2.05, 4.69) is 5.32 Å². The van der Waals surface area contributed by atoms with Gasteiger partial charge in [0.1, 0.15) is 5.82 Å². The monoisotopic (exact) mass is 227 g/mol. The third kappa shape index (κ3) is 3.91. The largest absolute Gasteiger partial charge is 0.351 e. The maximum atomic E-state index is 12.6. The number of thioether (sulfide) groups is 1. The smallest absolute Gasteiger partial charge is 0.251 e. The molecule has 1 unspecified atom stereocenters. The van der Waals surface area contributed by atoms with Gasteiger partial charge >= 0.3 is 0 Å². The molecule has 4 heteroatoms. The van der Waals surface area contributed by atoms with Crippen molar-refractivity contribution >= 4 is 17.7 Å². The number of hydrogen-bond acceptors (Lipinski definition) is 2. The molecule has 1 aromatic carbocycles. The van der Waals surface area contributed by atoms with Crippen LogP contribution in [0.15, 0.2) is 24.3 Å². The Balaban J connectivity index is 2.50. The zero-order valence-electron chi connectivity index (χ0n) is 8.79. The molecule has 1 aromatic rings. The molecule has 2 nitrogen and oxygen atoms in total. The van der Waals surface area contributed by atoms with E-state index >= 15 is 0 Å². The number of halogens is 1. The second-order valence-electron chi connectivity index (χ2n) is 3.26. The molecular formula is C11H14FNOS. The molecule has 0 fully saturated rings. The predicted molar refractivity (Wildman–Crippen MR) is 61.7 cm³/mol. The van der Waals surface area contributed by atoms with E-state index in [4.69, 9.17) is 0 Å². The first kappa shape index (κ1) is 12.0. The fraction of sp³-hybridized carbons (Fsp3) is 0.364. The van der Waals surface area contributed by atoms with E-state index < -0.39 is 0 Å². The quantitative estimate of drug-likeness (QED) is 0.855. The van der Waals surface area contributed by atoms with Crippen LogP contribution < -0.4 is 5.32 Å². The molecule has 0 aliphatic heterocycles. The fourth-order valence-corrected chi connectivity index (χ4v) is 1.27. The molecular weight excluding hydrogens is 213 g/mol. The Bertz CT molecular complexity index is 326. The number of rotatable bonds is 4. The number of amides is 1. The molecule has 0 aromatic heterocycles. The van der Waals surface area contributed by atoms with E-state index in [1.165, 1.54) is 24.3 Å². The predicted octanol–water partition coefficient (Wildman–Crippen LogP) is 2.31. The number of benzene rings is 1. The van der Waals surface area contributed by atoms with Gasteiger partial charge in [0.2, 0.25) is 0 Å². The zero-order chi connectivity index (χ0) is 11.3. The highest BCUT2D eigenvalue weighted by Gasteiger charge is 2.06. The van der Waals surface area contributed by atoms with Gasteiger partial charge in [-0.3, -0.25) is 4.79 Å². The molecule has 0 aliphatic carbocycles. The molecule has 1 atom stereocenters. The van der Waals surface area contributed by atoms with E-state index in [1.807, 2.05) is 13.2 Å². The maximum absolute atomic E-state index is 12.6. The molecule has 0 bridgehead atoms. The van der Waals surface area contributed by atoms with Crippen LogP contribution in [0.25, 0.3) is 0 Å². The topological polar surface area (TPSA) is 29.1 Å². The minimum atomic E-state index is -0.330. The SMILES string of the molecule is CSC(C)CNC(=O)c1ccc(F)cc1. The zero-order valence-corrected chi connectivity index (χ0v) is 9.60. The summed E-state index contributed by atoms with van der Waals surface area (Å²) >= 11 is 1.69. The highest BCUT2D eigenvalue weighted by atomic mass is 32.2. The minimum absolute atomic E-state index is 0.157. The van der Waals surface area contributed by atoms with E-state index in [1.54, 1.807) is 11.8 Å². The van der Waals surface area contributed by atoms with Crippen LogP contribution >= 0.6 is 11.8 Å². The molecule has 0 saturated carbocycles. The first-order chi connectivity index (χ1) is 7.13. The summed E-state index contributed by atoms with van der Waals surface area (Å²) in [4.78, 5) is 11.5. The summed E-state index contributed by atoms with van der Waals surface area (Å²) in [7, 11) is 0. The lowest BCUT2D eigenvalue weighted by Crippen LogP contribution is -2.29. The molecule has 1 rings (SSSR count). The first-order valence-corrected chi connectivity index (χ1v) is 5.99. The van der Waals surface area contributed by atoms with E-state index in [0.717, 1.165) is 0 Å². The van der Waals surface area contributed by atoms with Gasteiger partial charge in [-0.05, 0) is 30.5 Å². The summed E-state index contributed by atoms with van der Waals surface area (Å²) in [5.74, 6) is -0.486. The Morgan fingerprint density at radius 2 is 2.07 bits per heavy atom. The van der Waals surface area contributed by atoms with Crippen LogP contribution in [0.4, 0.5) is 4.39 Å². The van der Waals surface area contributed by atoms with Gasteiger partial charge in [-0.15, -0.1) is 0 Å². The molecule has 1 amide bonds. The van der Waals surface area contributed by atoms with Crippen molar-refractivity contribution in [2.75, 3.05) is 12.8 Å². The first-order valence-electron chi connectivity index (χ1n) is 4.70. The highest BCUT2D eigenvalue weighted by molar-refractivity contribution is 7.99. The van der Waals surface area contributed by atoms with Crippen molar-refractivity contribution in [1.29, 1.82) is 0 Å². The fourth-order valence-electron chi connectivity index (χ4n) is 1.02. The molecule has 1 N–H and O–H groups in total. The normalized spacial score (nSPS) is 12.2.